The van der Waals surface area contributed by atoms with E-state index in [1.54, 1.807) is 0 Å². The van der Waals surface area contributed by atoms with E-state index in [0.717, 1.165) is 13.0 Å². The lowest BCUT2D eigenvalue weighted by atomic mass is 9.89. The second-order valence-electron chi connectivity index (χ2n) is 4.91. The molecule has 0 spiro atoms. The summed E-state index contributed by atoms with van der Waals surface area (Å²) in [6.45, 7) is 0.945. The van der Waals surface area contributed by atoms with Gasteiger partial charge in [0, 0.05) is 5.56 Å². The van der Waals surface area contributed by atoms with Gasteiger partial charge in [-0.1, -0.05) is 12.5 Å². The topological polar surface area (TPSA) is 12.0 Å². The number of hydrogen-bond donors (Lipinski definition) is 1. The second kappa shape index (κ2) is 5.58. The fraction of sp³-hybridized carbons (Fsp3) is 0.571. The molecule has 17 heavy (non-hydrogen) atoms. The van der Waals surface area contributed by atoms with Crippen LogP contribution in [-0.2, 0) is 6.42 Å². The third kappa shape index (κ3) is 2.83. The summed E-state index contributed by atoms with van der Waals surface area (Å²) in [5, 5.41) is 3.17. The predicted molar refractivity (Wildman–Crippen MR) is 64.8 cm³/mol. The van der Waals surface area contributed by atoms with E-state index in [-0.39, 0.29) is 5.56 Å². The standard InChI is InChI=1S/C14H19F2N/c1-17-9-11-5-2-4-10(11)8-12-13(15)6-3-7-14(12)16/h3,6-7,10-11,17H,2,4-5,8-9H2,1H3. The molecule has 2 unspecified atom stereocenters. The zero-order valence-corrected chi connectivity index (χ0v) is 10.2. The van der Waals surface area contributed by atoms with Gasteiger partial charge < -0.3 is 5.32 Å². The van der Waals surface area contributed by atoms with Gasteiger partial charge in [0.25, 0.3) is 0 Å². The normalized spacial score (nSPS) is 24.2. The summed E-state index contributed by atoms with van der Waals surface area (Å²) in [7, 11) is 1.93. The second-order valence-corrected chi connectivity index (χ2v) is 4.91. The van der Waals surface area contributed by atoms with Crippen LogP contribution in [0.4, 0.5) is 8.78 Å². The maximum atomic E-state index is 13.6. The zero-order chi connectivity index (χ0) is 12.3. The molecule has 0 heterocycles. The molecular weight excluding hydrogens is 220 g/mol. The first-order valence-electron chi connectivity index (χ1n) is 6.30. The fourth-order valence-corrected chi connectivity index (χ4v) is 2.90. The van der Waals surface area contributed by atoms with E-state index < -0.39 is 11.6 Å². The van der Waals surface area contributed by atoms with Crippen LogP contribution < -0.4 is 5.32 Å². The number of rotatable bonds is 4. The highest BCUT2D eigenvalue weighted by Crippen LogP contribution is 2.34. The van der Waals surface area contributed by atoms with E-state index in [9.17, 15) is 8.78 Å². The Hall–Kier alpha value is -0.960. The van der Waals surface area contributed by atoms with Gasteiger partial charge in [-0.15, -0.1) is 0 Å². The summed E-state index contributed by atoms with van der Waals surface area (Å²) in [5.74, 6) is 0.160. The number of halogens is 2. The van der Waals surface area contributed by atoms with Crippen molar-refractivity contribution in [1.82, 2.24) is 5.32 Å². The quantitative estimate of drug-likeness (QED) is 0.851. The third-order valence-corrected chi connectivity index (χ3v) is 3.81. The van der Waals surface area contributed by atoms with Crippen LogP contribution in [0.1, 0.15) is 24.8 Å². The van der Waals surface area contributed by atoms with Gasteiger partial charge in [-0.3, -0.25) is 0 Å². The molecule has 0 aliphatic heterocycles. The largest absolute Gasteiger partial charge is 0.319 e. The summed E-state index contributed by atoms with van der Waals surface area (Å²) in [6.07, 6.45) is 3.96. The number of nitrogens with one attached hydrogen (secondary N) is 1. The first-order chi connectivity index (χ1) is 8.22. The molecule has 0 aromatic heterocycles. The highest BCUT2D eigenvalue weighted by Gasteiger charge is 2.28. The van der Waals surface area contributed by atoms with Gasteiger partial charge in [-0.25, -0.2) is 8.78 Å². The van der Waals surface area contributed by atoms with Gasteiger partial charge in [0.05, 0.1) is 0 Å². The first-order valence-corrected chi connectivity index (χ1v) is 6.30. The average molecular weight is 239 g/mol. The van der Waals surface area contributed by atoms with E-state index in [1.165, 1.54) is 31.0 Å². The molecule has 1 fully saturated rings. The Kier molecular flexibility index (Phi) is 4.11. The van der Waals surface area contributed by atoms with Crippen molar-refractivity contribution in [2.75, 3.05) is 13.6 Å². The summed E-state index contributed by atoms with van der Waals surface area (Å²) in [5.41, 5.74) is 0.264. The van der Waals surface area contributed by atoms with Gasteiger partial charge in [-0.2, -0.15) is 0 Å². The van der Waals surface area contributed by atoms with Crippen LogP contribution in [0.2, 0.25) is 0 Å². The lowest BCUT2D eigenvalue weighted by Gasteiger charge is -2.19. The van der Waals surface area contributed by atoms with E-state index in [1.807, 2.05) is 7.05 Å². The summed E-state index contributed by atoms with van der Waals surface area (Å²) >= 11 is 0. The van der Waals surface area contributed by atoms with Crippen LogP contribution in [0, 0.1) is 23.5 Å². The highest BCUT2D eigenvalue weighted by atomic mass is 19.1. The van der Waals surface area contributed by atoms with Crippen molar-refractivity contribution < 1.29 is 8.78 Å². The Morgan fingerprint density at radius 1 is 1.18 bits per heavy atom. The minimum Gasteiger partial charge on any atom is -0.319 e. The molecule has 0 saturated heterocycles. The number of benzene rings is 1. The Labute approximate surface area is 101 Å². The van der Waals surface area contributed by atoms with Gasteiger partial charge in [0.1, 0.15) is 11.6 Å². The van der Waals surface area contributed by atoms with Crippen LogP contribution in [-0.4, -0.2) is 13.6 Å². The fourth-order valence-electron chi connectivity index (χ4n) is 2.90. The van der Waals surface area contributed by atoms with Crippen molar-refractivity contribution in [3.05, 3.63) is 35.4 Å². The molecule has 1 aromatic carbocycles. The van der Waals surface area contributed by atoms with E-state index in [2.05, 4.69) is 5.32 Å². The van der Waals surface area contributed by atoms with Crippen molar-refractivity contribution in [1.29, 1.82) is 0 Å². The molecule has 2 atom stereocenters. The van der Waals surface area contributed by atoms with Crippen LogP contribution in [0.5, 0.6) is 0 Å². The highest BCUT2D eigenvalue weighted by molar-refractivity contribution is 5.20. The molecule has 0 bridgehead atoms. The molecule has 2 rings (SSSR count). The maximum absolute atomic E-state index is 13.6. The molecule has 1 nitrogen and oxygen atoms in total. The molecule has 1 N–H and O–H groups in total. The summed E-state index contributed by atoms with van der Waals surface area (Å²) in [4.78, 5) is 0. The minimum absolute atomic E-state index is 0.264. The van der Waals surface area contributed by atoms with Crippen molar-refractivity contribution in [2.24, 2.45) is 11.8 Å². The molecule has 1 saturated carbocycles. The summed E-state index contributed by atoms with van der Waals surface area (Å²) in [6, 6.07) is 4.12. The minimum atomic E-state index is -0.403. The molecular formula is C14H19F2N. The van der Waals surface area contributed by atoms with Crippen LogP contribution in [0.15, 0.2) is 18.2 Å². The average Bonchev–Trinajstić information content (AvgIpc) is 2.72. The summed E-state index contributed by atoms with van der Waals surface area (Å²) < 4.78 is 27.1. The molecule has 94 valence electrons. The Balaban J connectivity index is 2.09. The van der Waals surface area contributed by atoms with Crippen LogP contribution in [0.3, 0.4) is 0 Å². The molecule has 1 aliphatic carbocycles. The Morgan fingerprint density at radius 3 is 2.47 bits per heavy atom. The van der Waals surface area contributed by atoms with Crippen LogP contribution in [0.25, 0.3) is 0 Å². The van der Waals surface area contributed by atoms with E-state index in [4.69, 9.17) is 0 Å². The predicted octanol–water partition coefficient (Wildman–Crippen LogP) is 3.14. The lowest BCUT2D eigenvalue weighted by Crippen LogP contribution is -2.23. The maximum Gasteiger partial charge on any atom is 0.129 e. The Morgan fingerprint density at radius 2 is 1.82 bits per heavy atom. The molecule has 0 amide bonds. The molecule has 1 aliphatic rings. The monoisotopic (exact) mass is 239 g/mol. The van der Waals surface area contributed by atoms with E-state index >= 15 is 0 Å². The SMILES string of the molecule is CNCC1CCCC1Cc1c(F)cccc1F. The number of hydrogen-bond acceptors (Lipinski definition) is 1. The molecule has 0 radical (unpaired) electrons. The van der Waals surface area contributed by atoms with Gasteiger partial charge in [0.2, 0.25) is 0 Å². The smallest absolute Gasteiger partial charge is 0.129 e. The third-order valence-electron chi connectivity index (χ3n) is 3.81. The van der Waals surface area contributed by atoms with Crippen molar-refractivity contribution in [3.63, 3.8) is 0 Å². The van der Waals surface area contributed by atoms with Crippen LogP contribution >= 0.6 is 0 Å². The molecule has 1 aromatic rings. The van der Waals surface area contributed by atoms with Gasteiger partial charge in [-0.05, 0) is 56.8 Å². The Bertz CT molecular complexity index is 358. The van der Waals surface area contributed by atoms with Crippen molar-refractivity contribution >= 4 is 0 Å². The lowest BCUT2D eigenvalue weighted by molar-refractivity contribution is 0.365. The van der Waals surface area contributed by atoms with Gasteiger partial charge >= 0.3 is 0 Å². The van der Waals surface area contributed by atoms with Crippen molar-refractivity contribution in [3.8, 4) is 0 Å². The van der Waals surface area contributed by atoms with Crippen molar-refractivity contribution in [2.45, 2.75) is 25.7 Å². The van der Waals surface area contributed by atoms with E-state index in [0.29, 0.717) is 18.3 Å². The first kappa shape index (κ1) is 12.5. The molecule has 3 heteroatoms. The zero-order valence-electron chi connectivity index (χ0n) is 10.2. The van der Waals surface area contributed by atoms with Gasteiger partial charge in [0.15, 0.2) is 0 Å².